The number of carbonyl (C=O) groups excluding carboxylic acids is 1. The van der Waals surface area contributed by atoms with Crippen LogP contribution in [-0.4, -0.2) is 50.1 Å². The zero-order valence-corrected chi connectivity index (χ0v) is 17.8. The summed E-state index contributed by atoms with van der Waals surface area (Å²) in [7, 11) is 0. The Kier molecular flexibility index (Phi) is 4.44. The van der Waals surface area contributed by atoms with Crippen molar-refractivity contribution in [3.8, 4) is 5.75 Å². The molecule has 1 saturated heterocycles. The maximum Gasteiger partial charge on any atom is 0.224 e. The summed E-state index contributed by atoms with van der Waals surface area (Å²) in [5, 5.41) is 2.47. The fraction of sp³-hybridized carbons (Fsp3) is 0.435. The van der Waals surface area contributed by atoms with Gasteiger partial charge in [-0.3, -0.25) is 9.69 Å². The van der Waals surface area contributed by atoms with Crippen molar-refractivity contribution in [2.75, 3.05) is 49.5 Å². The maximum absolute atomic E-state index is 12.0. The molecule has 0 aromatic heterocycles. The minimum Gasteiger partial charge on any atom is -0.494 e. The van der Waals surface area contributed by atoms with Gasteiger partial charge in [-0.1, -0.05) is 35.3 Å². The smallest absolute Gasteiger partial charge is 0.224 e. The second-order valence-corrected chi connectivity index (χ2v) is 7.86. The van der Waals surface area contributed by atoms with E-state index in [1.807, 2.05) is 4.90 Å². The predicted octanol–water partition coefficient (Wildman–Crippen LogP) is 4.86. The van der Waals surface area contributed by atoms with Crippen molar-refractivity contribution in [1.82, 2.24) is 4.90 Å². The van der Waals surface area contributed by atoms with Gasteiger partial charge in [0.25, 0.3) is 0 Å². The van der Waals surface area contributed by atoms with Crippen molar-refractivity contribution in [2.24, 2.45) is 0 Å². The van der Waals surface area contributed by atoms with E-state index in [9.17, 15) is 4.79 Å². The number of piperazine rings is 1. The van der Waals surface area contributed by atoms with Gasteiger partial charge >= 0.3 is 0 Å². The fourth-order valence-corrected chi connectivity index (χ4v) is 3.79. The number of unbranched alkanes of at least 4 members (excludes halogenated alkanes) is 1. The molecule has 7 heteroatoms. The Morgan fingerprint density at radius 1 is 1.13 bits per heavy atom. The summed E-state index contributed by atoms with van der Waals surface area (Å²) >= 11 is 12.4. The van der Waals surface area contributed by atoms with Crippen LogP contribution in [0.15, 0.2) is 36.3 Å². The van der Waals surface area contributed by atoms with E-state index in [1.54, 1.807) is 0 Å². The quantitative estimate of drug-likeness (QED) is 0.605. The topological polar surface area (TPSA) is 44.8 Å². The van der Waals surface area contributed by atoms with E-state index in [-0.39, 0.29) is 76.3 Å². The van der Waals surface area contributed by atoms with E-state index >= 15 is 0 Å². The first-order chi connectivity index (χ1) is 17.8. The summed E-state index contributed by atoms with van der Waals surface area (Å²) in [6.07, 6.45) is -1.16. The van der Waals surface area contributed by atoms with Gasteiger partial charge in [0.15, 0.2) is 0 Å². The van der Waals surface area contributed by atoms with E-state index in [2.05, 4.69) is 10.2 Å². The second-order valence-electron chi connectivity index (χ2n) is 7.10. The molecule has 2 heterocycles. The standard InChI is InChI=1S/C23H27Cl2N3O2/c24-19-4-3-5-21(23(19)25)28-13-11-27(12-14-28)10-1-2-15-30-18-8-6-17-7-9-22(29)26-20(17)16-18/h3-6,8,16H,1-2,7,9-15H2,(H,26,29)/i3D,4D,5D,6D,8D,9D2,16D. The largest absolute Gasteiger partial charge is 0.494 e. The second kappa shape index (κ2) is 9.90. The van der Waals surface area contributed by atoms with Crippen molar-refractivity contribution in [1.29, 1.82) is 0 Å². The lowest BCUT2D eigenvalue weighted by Crippen LogP contribution is -2.46. The Bertz CT molecular complexity index is 1240. The third kappa shape index (κ3) is 5.20. The molecule has 5 nitrogen and oxygen atoms in total. The molecule has 0 spiro atoms. The fourth-order valence-electron chi connectivity index (χ4n) is 3.44. The van der Waals surface area contributed by atoms with E-state index in [0.29, 0.717) is 38.3 Å². The number of hydrogen-bond donors (Lipinski definition) is 1. The van der Waals surface area contributed by atoms with E-state index in [1.165, 1.54) is 0 Å². The Morgan fingerprint density at radius 2 is 1.97 bits per heavy atom. The van der Waals surface area contributed by atoms with Crippen LogP contribution in [0.4, 0.5) is 11.4 Å². The highest BCUT2D eigenvalue weighted by atomic mass is 35.5. The molecule has 1 amide bonds. The number of rotatable bonds is 7. The van der Waals surface area contributed by atoms with Crippen LogP contribution in [-0.2, 0) is 11.2 Å². The van der Waals surface area contributed by atoms with Gasteiger partial charge in [0, 0.05) is 47.0 Å². The Labute approximate surface area is 199 Å². The minimum absolute atomic E-state index is 0.0171. The highest BCUT2D eigenvalue weighted by molar-refractivity contribution is 6.43. The molecule has 1 N–H and O–H groups in total. The van der Waals surface area contributed by atoms with Gasteiger partial charge in [0.1, 0.15) is 5.75 Å². The Balaban J connectivity index is 1.29. The normalized spacial score (nSPS) is 22.3. The molecule has 0 atom stereocenters. The average molecular weight is 456 g/mol. The van der Waals surface area contributed by atoms with Crippen molar-refractivity contribution in [3.05, 3.63) is 51.9 Å². The Morgan fingerprint density at radius 3 is 2.80 bits per heavy atom. The van der Waals surface area contributed by atoms with Gasteiger partial charge in [-0.05, 0) is 49.5 Å². The lowest BCUT2D eigenvalue weighted by molar-refractivity contribution is -0.116. The molecule has 2 aliphatic heterocycles. The average Bonchev–Trinajstić information content (AvgIpc) is 2.88. The van der Waals surface area contributed by atoms with Crippen LogP contribution < -0.4 is 15.0 Å². The molecule has 0 radical (unpaired) electrons. The van der Waals surface area contributed by atoms with E-state index < -0.39 is 12.3 Å². The summed E-state index contributed by atoms with van der Waals surface area (Å²) in [6.45, 7) is 3.58. The van der Waals surface area contributed by atoms with Crippen LogP contribution in [0, 0.1) is 0 Å². The first-order valence-electron chi connectivity index (χ1n) is 13.8. The summed E-state index contributed by atoms with van der Waals surface area (Å²) in [4.78, 5) is 16.2. The maximum atomic E-state index is 12.0. The molecule has 160 valence electrons. The summed E-state index contributed by atoms with van der Waals surface area (Å²) in [5.41, 5.74) is 0.548. The summed E-state index contributed by atoms with van der Waals surface area (Å²) in [5.74, 6) is -0.973. The van der Waals surface area contributed by atoms with Crippen LogP contribution >= 0.6 is 23.2 Å². The first kappa shape index (κ1) is 13.5. The number of nitrogens with one attached hydrogen (secondary N) is 1. The Hall–Kier alpha value is -1.95. The number of benzene rings is 2. The SMILES string of the molecule is [2H]c1c([2H])c(Cl)c(Cl)c(N2CCN(CCCCOc3c([2H])c([2H])c4c(c3[2H])NC(=O)C([2H])([2H])C4)CC2)c1[2H]. The first-order valence-corrected chi connectivity index (χ1v) is 10.6. The van der Waals surface area contributed by atoms with Gasteiger partial charge in [0.2, 0.25) is 5.91 Å². The number of anilines is 2. The third-order valence-corrected chi connectivity index (χ3v) is 5.84. The lowest BCUT2D eigenvalue weighted by Gasteiger charge is -2.36. The summed E-state index contributed by atoms with van der Waals surface area (Å²) in [6, 6.07) is -1.36. The number of halogens is 2. The molecule has 4 rings (SSSR count). The zero-order chi connectivity index (χ0) is 27.9. The predicted molar refractivity (Wildman–Crippen MR) is 123 cm³/mol. The molecular formula is C23H27Cl2N3O2. The molecule has 2 aromatic rings. The number of carbonyl (C=O) groups is 1. The minimum atomic E-state index is -2.20. The van der Waals surface area contributed by atoms with Crippen LogP contribution in [0.2, 0.25) is 10.0 Å². The van der Waals surface area contributed by atoms with Gasteiger partial charge in [-0.25, -0.2) is 0 Å². The van der Waals surface area contributed by atoms with E-state index in [4.69, 9.17) is 38.9 Å². The summed E-state index contributed by atoms with van der Waals surface area (Å²) < 4.78 is 70.0. The van der Waals surface area contributed by atoms with Crippen LogP contribution in [0.3, 0.4) is 0 Å². The van der Waals surface area contributed by atoms with Gasteiger partial charge < -0.3 is 15.0 Å². The van der Waals surface area contributed by atoms with Gasteiger partial charge in [-0.2, -0.15) is 0 Å². The molecule has 2 aliphatic rings. The van der Waals surface area contributed by atoms with Crippen molar-refractivity contribution < 1.29 is 20.5 Å². The molecule has 0 saturated carbocycles. The number of ether oxygens (including phenoxy) is 1. The number of nitrogens with zero attached hydrogens (tertiary/aromatic N) is 2. The molecule has 2 aromatic carbocycles. The number of fused-ring (bicyclic) bond motifs is 1. The molecule has 30 heavy (non-hydrogen) atoms. The monoisotopic (exact) mass is 455 g/mol. The number of hydrogen-bond acceptors (Lipinski definition) is 4. The van der Waals surface area contributed by atoms with Gasteiger partial charge in [0.05, 0.1) is 30.6 Å². The van der Waals surface area contributed by atoms with Crippen molar-refractivity contribution >= 4 is 40.5 Å². The number of amides is 1. The third-order valence-electron chi connectivity index (χ3n) is 5.09. The highest BCUT2D eigenvalue weighted by Gasteiger charge is 2.19. The zero-order valence-electron chi connectivity index (χ0n) is 24.3. The molecule has 0 unspecified atom stereocenters. The van der Waals surface area contributed by atoms with Crippen LogP contribution in [0.1, 0.15) is 35.7 Å². The molecular weight excluding hydrogens is 421 g/mol. The van der Waals surface area contributed by atoms with Crippen molar-refractivity contribution in [3.63, 3.8) is 0 Å². The molecule has 0 aliphatic carbocycles. The van der Waals surface area contributed by atoms with Crippen LogP contribution in [0.5, 0.6) is 5.75 Å². The van der Waals surface area contributed by atoms with E-state index in [0.717, 1.165) is 13.0 Å². The molecule has 0 bridgehead atoms. The van der Waals surface area contributed by atoms with Crippen LogP contribution in [0.25, 0.3) is 0 Å². The lowest BCUT2D eigenvalue weighted by atomic mass is 10.0. The van der Waals surface area contributed by atoms with Crippen molar-refractivity contribution in [2.45, 2.75) is 25.6 Å². The highest BCUT2D eigenvalue weighted by Crippen LogP contribution is 2.33. The van der Waals surface area contributed by atoms with Gasteiger partial charge in [-0.15, -0.1) is 0 Å². The molecule has 1 fully saturated rings.